The fourth-order valence-corrected chi connectivity index (χ4v) is 3.97. The van der Waals surface area contributed by atoms with Crippen molar-refractivity contribution in [2.75, 3.05) is 16.8 Å². The molecule has 0 saturated carbocycles. The van der Waals surface area contributed by atoms with Crippen molar-refractivity contribution in [1.29, 1.82) is 0 Å². The summed E-state index contributed by atoms with van der Waals surface area (Å²) in [6, 6.07) is 16.4. The van der Waals surface area contributed by atoms with Crippen LogP contribution in [-0.2, 0) is 36.6 Å². The number of amides is 2. The number of nitrogens with one attached hydrogen (secondary N) is 1. The summed E-state index contributed by atoms with van der Waals surface area (Å²) in [6.45, 7) is 2.05. The van der Waals surface area contributed by atoms with E-state index in [1.54, 1.807) is 36.2 Å². The predicted molar refractivity (Wildman–Crippen MR) is 133 cm³/mol. The largest absolute Gasteiger partial charge is 0.332 e. The van der Waals surface area contributed by atoms with Gasteiger partial charge in [0.05, 0.1) is 12.7 Å². The molecule has 0 bridgehead atoms. The fourth-order valence-electron chi connectivity index (χ4n) is 3.97. The number of imidazole rings is 1. The Hall–Kier alpha value is -4.47. The first kappa shape index (κ1) is 23.7. The Morgan fingerprint density at radius 1 is 1.00 bits per heavy atom. The van der Waals surface area contributed by atoms with Crippen LogP contribution in [0.3, 0.4) is 0 Å². The van der Waals surface area contributed by atoms with Crippen molar-refractivity contribution < 1.29 is 9.59 Å². The molecule has 0 spiro atoms. The number of likely N-dealkylation sites (N-methyl/N-ethyl adjacent to an activating group) is 1. The maximum atomic E-state index is 12.8. The second-order valence-electron chi connectivity index (χ2n) is 8.16. The molecule has 0 atom stereocenters. The van der Waals surface area contributed by atoms with Crippen LogP contribution in [0.25, 0.3) is 11.2 Å². The van der Waals surface area contributed by atoms with Gasteiger partial charge in [0.2, 0.25) is 11.8 Å². The maximum absolute atomic E-state index is 12.8. The van der Waals surface area contributed by atoms with Crippen LogP contribution in [0.15, 0.2) is 70.5 Å². The zero-order valence-corrected chi connectivity index (χ0v) is 19.8. The van der Waals surface area contributed by atoms with E-state index in [0.717, 1.165) is 15.8 Å². The molecule has 10 nitrogen and oxygen atoms in total. The molecule has 0 radical (unpaired) electrons. The zero-order valence-electron chi connectivity index (χ0n) is 19.8. The number of hydrogen-bond acceptors (Lipinski definition) is 5. The van der Waals surface area contributed by atoms with Crippen LogP contribution in [0.4, 0.5) is 11.4 Å². The summed E-state index contributed by atoms with van der Waals surface area (Å²) in [5.41, 5.74) is 1.44. The van der Waals surface area contributed by atoms with Gasteiger partial charge in [-0.2, -0.15) is 0 Å². The van der Waals surface area contributed by atoms with Crippen molar-refractivity contribution in [3.63, 3.8) is 0 Å². The van der Waals surface area contributed by atoms with Crippen molar-refractivity contribution in [1.82, 2.24) is 18.7 Å². The van der Waals surface area contributed by atoms with E-state index in [1.165, 1.54) is 22.5 Å². The molecule has 0 saturated heterocycles. The molecule has 2 aromatic carbocycles. The van der Waals surface area contributed by atoms with Crippen LogP contribution in [0.2, 0.25) is 0 Å². The average molecular weight is 475 g/mol. The molecule has 0 aliphatic rings. The molecule has 0 aliphatic heterocycles. The van der Waals surface area contributed by atoms with Crippen LogP contribution >= 0.6 is 0 Å². The van der Waals surface area contributed by atoms with Crippen molar-refractivity contribution >= 4 is 34.4 Å². The highest BCUT2D eigenvalue weighted by Crippen LogP contribution is 2.16. The second kappa shape index (κ2) is 9.80. The van der Waals surface area contributed by atoms with Crippen molar-refractivity contribution in [2.45, 2.75) is 19.9 Å². The number of para-hydroxylation sites is 1. The Bertz CT molecular complexity index is 1500. The van der Waals surface area contributed by atoms with E-state index in [-0.39, 0.29) is 23.5 Å². The minimum atomic E-state index is -0.621. The number of rotatable bonds is 7. The van der Waals surface area contributed by atoms with Crippen LogP contribution in [0.5, 0.6) is 0 Å². The van der Waals surface area contributed by atoms with Gasteiger partial charge in [-0.1, -0.05) is 30.3 Å². The normalized spacial score (nSPS) is 10.9. The summed E-state index contributed by atoms with van der Waals surface area (Å²) >= 11 is 0. The summed E-state index contributed by atoms with van der Waals surface area (Å²) in [4.78, 5) is 56.5. The molecule has 0 unspecified atom stereocenters. The molecule has 2 aromatic heterocycles. The van der Waals surface area contributed by atoms with Gasteiger partial charge in [-0.05, 0) is 36.8 Å². The number of carbonyl (C=O) groups is 2. The monoisotopic (exact) mass is 474 g/mol. The molecule has 0 fully saturated rings. The summed E-state index contributed by atoms with van der Waals surface area (Å²) in [6.07, 6.45) is 1.66. The number of benzene rings is 2. The lowest BCUT2D eigenvalue weighted by Crippen LogP contribution is -2.42. The van der Waals surface area contributed by atoms with Gasteiger partial charge < -0.3 is 14.8 Å². The van der Waals surface area contributed by atoms with E-state index in [2.05, 4.69) is 10.3 Å². The zero-order chi connectivity index (χ0) is 25.1. The third-order valence-electron chi connectivity index (χ3n) is 5.78. The predicted octanol–water partition coefficient (Wildman–Crippen LogP) is 1.67. The number of anilines is 2. The van der Waals surface area contributed by atoms with E-state index >= 15 is 0 Å². The number of aryl methyl sites for hydroxylation is 2. The van der Waals surface area contributed by atoms with Gasteiger partial charge in [-0.15, -0.1) is 0 Å². The Morgan fingerprint density at radius 3 is 2.34 bits per heavy atom. The minimum Gasteiger partial charge on any atom is -0.328 e. The van der Waals surface area contributed by atoms with Crippen molar-refractivity contribution in [3.05, 3.63) is 87.3 Å². The summed E-state index contributed by atoms with van der Waals surface area (Å²) in [7, 11) is 3.15. The third-order valence-corrected chi connectivity index (χ3v) is 5.78. The van der Waals surface area contributed by atoms with Gasteiger partial charge >= 0.3 is 5.69 Å². The Kier molecular flexibility index (Phi) is 6.63. The van der Waals surface area contributed by atoms with Crippen LogP contribution in [-0.4, -0.2) is 37.0 Å². The molecule has 0 aliphatic carbocycles. The Morgan fingerprint density at radius 2 is 1.69 bits per heavy atom. The first-order chi connectivity index (χ1) is 16.8. The second-order valence-corrected chi connectivity index (χ2v) is 8.16. The smallest absolute Gasteiger partial charge is 0.328 e. The Labute approximate surface area is 201 Å². The first-order valence-corrected chi connectivity index (χ1v) is 11.1. The lowest BCUT2D eigenvalue weighted by atomic mass is 10.1. The van der Waals surface area contributed by atoms with Gasteiger partial charge in [0, 0.05) is 32.0 Å². The molecule has 4 aromatic rings. The van der Waals surface area contributed by atoms with E-state index in [1.807, 2.05) is 37.3 Å². The lowest BCUT2D eigenvalue weighted by Gasteiger charge is -2.21. The van der Waals surface area contributed by atoms with Crippen LogP contribution in [0, 0.1) is 0 Å². The van der Waals surface area contributed by atoms with Gasteiger partial charge in [-0.3, -0.25) is 19.0 Å². The minimum absolute atomic E-state index is 0.0312. The van der Waals surface area contributed by atoms with E-state index in [4.69, 9.17) is 0 Å². The highest BCUT2D eigenvalue weighted by molar-refractivity contribution is 5.95. The topological polar surface area (TPSA) is 111 Å². The summed E-state index contributed by atoms with van der Waals surface area (Å²) in [5.74, 6) is -0.549. The van der Waals surface area contributed by atoms with Gasteiger partial charge in [0.1, 0.15) is 6.54 Å². The fraction of sp³-hybridized carbons (Fsp3) is 0.240. The molecule has 2 amide bonds. The lowest BCUT2D eigenvalue weighted by molar-refractivity contribution is -0.118. The van der Waals surface area contributed by atoms with Gasteiger partial charge in [0.15, 0.2) is 11.2 Å². The maximum Gasteiger partial charge on any atom is 0.332 e. The number of hydrogen-bond donors (Lipinski definition) is 1. The Balaban J connectivity index is 1.44. The van der Waals surface area contributed by atoms with Crippen molar-refractivity contribution in [2.24, 2.45) is 14.1 Å². The quantitative estimate of drug-likeness (QED) is 0.438. The molecule has 180 valence electrons. The standard InChI is InChI=1S/C25H26N6O4/c1-4-30(19-8-6-5-7-9-19)21(33)14-17-10-12-18(13-11-17)27-20(32)15-31-24(34)22-23(26-16-28(22)2)29(3)25(31)35/h5-13,16H,4,14-15H2,1-3H3,(H,27,32). The molecular weight excluding hydrogens is 448 g/mol. The number of fused-ring (bicyclic) bond motifs is 1. The molecule has 2 heterocycles. The molecular formula is C25H26N6O4. The van der Waals surface area contributed by atoms with E-state index < -0.39 is 23.7 Å². The van der Waals surface area contributed by atoms with Gasteiger partial charge in [0.25, 0.3) is 5.56 Å². The highest BCUT2D eigenvalue weighted by atomic mass is 16.2. The van der Waals surface area contributed by atoms with E-state index in [0.29, 0.717) is 12.2 Å². The highest BCUT2D eigenvalue weighted by Gasteiger charge is 2.17. The number of carbonyl (C=O) groups excluding carboxylic acids is 2. The van der Waals surface area contributed by atoms with Crippen LogP contribution in [0.1, 0.15) is 12.5 Å². The van der Waals surface area contributed by atoms with E-state index in [9.17, 15) is 19.2 Å². The molecule has 4 rings (SSSR count). The summed E-state index contributed by atoms with van der Waals surface area (Å²) < 4.78 is 3.64. The average Bonchev–Trinajstić information content (AvgIpc) is 3.24. The first-order valence-electron chi connectivity index (χ1n) is 11.1. The van der Waals surface area contributed by atoms with Crippen LogP contribution < -0.4 is 21.5 Å². The van der Waals surface area contributed by atoms with Gasteiger partial charge in [-0.25, -0.2) is 14.3 Å². The number of nitrogens with zero attached hydrogens (tertiary/aromatic N) is 5. The summed E-state index contributed by atoms with van der Waals surface area (Å²) in [5, 5.41) is 2.70. The third kappa shape index (κ3) is 4.77. The SMILES string of the molecule is CCN(C(=O)Cc1ccc(NC(=O)Cn2c(=O)c3c(ncn3C)n(C)c2=O)cc1)c1ccccc1. The van der Waals surface area contributed by atoms with Crippen molar-refractivity contribution in [3.8, 4) is 0 Å². The molecule has 35 heavy (non-hydrogen) atoms. The molecule has 10 heteroatoms. The number of aromatic nitrogens is 4. The molecule has 1 N–H and O–H groups in total.